The monoisotopic (exact) mass is 281 g/mol. The van der Waals surface area contributed by atoms with Gasteiger partial charge in [-0.15, -0.1) is 0 Å². The van der Waals surface area contributed by atoms with E-state index in [0.717, 1.165) is 38.1 Å². The molecule has 1 saturated heterocycles. The molecule has 0 radical (unpaired) electrons. The van der Waals surface area contributed by atoms with Gasteiger partial charge in [-0.3, -0.25) is 4.79 Å². The second kappa shape index (κ2) is 7.45. The fourth-order valence-corrected chi connectivity index (χ4v) is 2.65. The van der Waals surface area contributed by atoms with Gasteiger partial charge in [0.05, 0.1) is 25.4 Å². The predicted octanol–water partition coefficient (Wildman–Crippen LogP) is 2.17. The summed E-state index contributed by atoms with van der Waals surface area (Å²) < 4.78 is 11.0. The van der Waals surface area contributed by atoms with Crippen molar-refractivity contribution in [2.24, 2.45) is 0 Å². The molecule has 0 amide bonds. The number of rotatable bonds is 7. The summed E-state index contributed by atoms with van der Waals surface area (Å²) in [5.41, 5.74) is 0. The second-order valence-electron chi connectivity index (χ2n) is 5.38. The van der Waals surface area contributed by atoms with Crippen molar-refractivity contribution in [1.82, 2.24) is 4.90 Å². The highest BCUT2D eigenvalue weighted by Gasteiger charge is 2.23. The number of aliphatic carboxylic acids is 1. The Hall–Kier alpha value is -1.33. The van der Waals surface area contributed by atoms with Crippen LogP contribution in [0, 0.1) is 0 Å². The molecule has 1 fully saturated rings. The molecule has 2 heterocycles. The van der Waals surface area contributed by atoms with Crippen LogP contribution in [0.4, 0.5) is 0 Å². The molecule has 2 rings (SSSR count). The van der Waals surface area contributed by atoms with Gasteiger partial charge in [0.25, 0.3) is 0 Å². The summed E-state index contributed by atoms with van der Waals surface area (Å²) in [4.78, 5) is 12.9. The third-order valence-corrected chi connectivity index (χ3v) is 3.85. The number of carbonyl (C=O) groups is 1. The molecule has 112 valence electrons. The molecule has 1 atom stereocenters. The summed E-state index contributed by atoms with van der Waals surface area (Å²) in [7, 11) is 0. The highest BCUT2D eigenvalue weighted by atomic mass is 16.5. The van der Waals surface area contributed by atoms with E-state index < -0.39 is 5.97 Å². The van der Waals surface area contributed by atoms with Crippen LogP contribution >= 0.6 is 0 Å². The Bertz CT molecular complexity index is 396. The van der Waals surface area contributed by atoms with E-state index in [4.69, 9.17) is 14.3 Å². The molecule has 20 heavy (non-hydrogen) atoms. The number of likely N-dealkylation sites (tertiary alicyclic amines) is 1. The molecule has 1 unspecified atom stereocenters. The lowest BCUT2D eigenvalue weighted by molar-refractivity contribution is -0.138. The molecule has 5 nitrogen and oxygen atoms in total. The van der Waals surface area contributed by atoms with Gasteiger partial charge < -0.3 is 19.2 Å². The van der Waals surface area contributed by atoms with Gasteiger partial charge in [0.15, 0.2) is 0 Å². The van der Waals surface area contributed by atoms with Crippen LogP contribution in [0.25, 0.3) is 0 Å². The Morgan fingerprint density at radius 2 is 2.30 bits per heavy atom. The molecule has 1 aliphatic rings. The van der Waals surface area contributed by atoms with Crippen molar-refractivity contribution >= 4 is 5.97 Å². The zero-order valence-electron chi connectivity index (χ0n) is 12.0. The van der Waals surface area contributed by atoms with E-state index in [-0.39, 0.29) is 12.5 Å². The number of piperidine rings is 1. The number of carboxylic acids is 1. The molecule has 0 spiro atoms. The molecule has 1 aromatic heterocycles. The van der Waals surface area contributed by atoms with Crippen LogP contribution in [-0.2, 0) is 16.0 Å². The average Bonchev–Trinajstić information content (AvgIpc) is 2.92. The molecule has 0 aromatic carbocycles. The van der Waals surface area contributed by atoms with E-state index in [0.29, 0.717) is 12.6 Å². The zero-order chi connectivity index (χ0) is 14.4. The van der Waals surface area contributed by atoms with Gasteiger partial charge >= 0.3 is 5.97 Å². The number of carboxylic acid groups (broad SMARTS) is 1. The fraction of sp³-hybridized carbons (Fsp3) is 0.667. The summed E-state index contributed by atoms with van der Waals surface area (Å²) in [5, 5.41) is 8.58. The smallest absolute Gasteiger partial charge is 0.305 e. The summed E-state index contributed by atoms with van der Waals surface area (Å²) in [6.45, 7) is 4.54. The van der Waals surface area contributed by atoms with E-state index in [2.05, 4.69) is 11.8 Å². The van der Waals surface area contributed by atoms with E-state index in [1.54, 1.807) is 6.26 Å². The van der Waals surface area contributed by atoms with E-state index in [1.165, 1.54) is 0 Å². The van der Waals surface area contributed by atoms with Crippen LogP contribution in [0.1, 0.15) is 31.9 Å². The van der Waals surface area contributed by atoms with Crippen LogP contribution in [0.3, 0.4) is 0 Å². The summed E-state index contributed by atoms with van der Waals surface area (Å²) >= 11 is 0. The highest BCUT2D eigenvalue weighted by molar-refractivity contribution is 5.66. The van der Waals surface area contributed by atoms with Crippen molar-refractivity contribution in [2.75, 3.05) is 19.7 Å². The minimum absolute atomic E-state index is 0.0924. The molecule has 0 bridgehead atoms. The van der Waals surface area contributed by atoms with Gasteiger partial charge in [0.2, 0.25) is 0 Å². The zero-order valence-corrected chi connectivity index (χ0v) is 12.0. The van der Waals surface area contributed by atoms with E-state index in [9.17, 15) is 4.79 Å². The Balaban J connectivity index is 1.67. The first-order chi connectivity index (χ1) is 9.65. The van der Waals surface area contributed by atoms with E-state index in [1.807, 2.05) is 12.1 Å². The highest BCUT2D eigenvalue weighted by Crippen LogP contribution is 2.18. The molecule has 1 N–H and O–H groups in total. The maximum atomic E-state index is 10.4. The fourth-order valence-electron chi connectivity index (χ4n) is 2.65. The Morgan fingerprint density at radius 3 is 2.90 bits per heavy atom. The topological polar surface area (TPSA) is 62.9 Å². The quantitative estimate of drug-likeness (QED) is 0.830. The predicted molar refractivity (Wildman–Crippen MR) is 74.7 cm³/mol. The summed E-state index contributed by atoms with van der Waals surface area (Å²) in [6, 6.07) is 4.39. The van der Waals surface area contributed by atoms with Crippen LogP contribution < -0.4 is 0 Å². The average molecular weight is 281 g/mol. The normalized spacial score (nSPS) is 19.1. The van der Waals surface area contributed by atoms with Gasteiger partial charge in [-0.2, -0.15) is 0 Å². The van der Waals surface area contributed by atoms with E-state index >= 15 is 0 Å². The lowest BCUT2D eigenvalue weighted by atomic mass is 10.0. The Kier molecular flexibility index (Phi) is 5.61. The number of hydrogen-bond donors (Lipinski definition) is 1. The van der Waals surface area contributed by atoms with Crippen LogP contribution in [0.5, 0.6) is 0 Å². The van der Waals surface area contributed by atoms with Crippen molar-refractivity contribution in [2.45, 2.75) is 44.8 Å². The number of ether oxygens (including phenoxy) is 1. The first kappa shape index (κ1) is 15.1. The minimum Gasteiger partial charge on any atom is -0.481 e. The SMILES string of the molecule is CC(Cc1ccco1)N1CCC(OCCC(=O)O)CC1. The third-order valence-electron chi connectivity index (χ3n) is 3.85. The van der Waals surface area contributed by atoms with Gasteiger partial charge in [0, 0.05) is 25.6 Å². The standard InChI is InChI=1S/C15H23NO4/c1-12(11-14-3-2-9-19-14)16-7-4-13(5-8-16)20-10-6-15(17)18/h2-3,9,12-13H,4-8,10-11H2,1H3,(H,17,18). The molecule has 1 aromatic rings. The summed E-state index contributed by atoms with van der Waals surface area (Å²) in [6.07, 6.45) is 4.89. The van der Waals surface area contributed by atoms with Gasteiger partial charge in [0.1, 0.15) is 5.76 Å². The van der Waals surface area contributed by atoms with Gasteiger partial charge in [-0.1, -0.05) is 0 Å². The molecule has 5 heteroatoms. The largest absolute Gasteiger partial charge is 0.481 e. The Labute approximate surface area is 119 Å². The van der Waals surface area contributed by atoms with Gasteiger partial charge in [-0.05, 0) is 31.9 Å². The second-order valence-corrected chi connectivity index (χ2v) is 5.38. The molecule has 0 saturated carbocycles. The number of hydrogen-bond acceptors (Lipinski definition) is 4. The van der Waals surface area contributed by atoms with Crippen LogP contribution in [0.15, 0.2) is 22.8 Å². The maximum absolute atomic E-state index is 10.4. The first-order valence-electron chi connectivity index (χ1n) is 7.25. The summed E-state index contributed by atoms with van der Waals surface area (Å²) in [5.74, 6) is 0.229. The molecular formula is C15H23NO4. The lowest BCUT2D eigenvalue weighted by Crippen LogP contribution is -2.43. The van der Waals surface area contributed by atoms with Crippen molar-refractivity contribution in [3.8, 4) is 0 Å². The first-order valence-corrected chi connectivity index (χ1v) is 7.25. The lowest BCUT2D eigenvalue weighted by Gasteiger charge is -2.35. The van der Waals surface area contributed by atoms with Crippen molar-refractivity contribution < 1.29 is 19.1 Å². The number of nitrogens with zero attached hydrogens (tertiary/aromatic N) is 1. The van der Waals surface area contributed by atoms with Crippen molar-refractivity contribution in [3.63, 3.8) is 0 Å². The Morgan fingerprint density at radius 1 is 1.55 bits per heavy atom. The van der Waals surface area contributed by atoms with Crippen molar-refractivity contribution in [3.05, 3.63) is 24.2 Å². The van der Waals surface area contributed by atoms with Gasteiger partial charge in [-0.25, -0.2) is 0 Å². The van der Waals surface area contributed by atoms with Crippen LogP contribution in [-0.4, -0.2) is 47.8 Å². The number of furan rings is 1. The molecule has 1 aliphatic heterocycles. The minimum atomic E-state index is -0.797. The van der Waals surface area contributed by atoms with Crippen molar-refractivity contribution in [1.29, 1.82) is 0 Å². The maximum Gasteiger partial charge on any atom is 0.305 e. The molecule has 0 aliphatic carbocycles. The van der Waals surface area contributed by atoms with Crippen LogP contribution in [0.2, 0.25) is 0 Å². The third kappa shape index (κ3) is 4.65. The molecular weight excluding hydrogens is 258 g/mol.